The van der Waals surface area contributed by atoms with E-state index >= 15 is 0 Å². The number of likely N-dealkylation sites (tertiary alicyclic amines) is 1. The Labute approximate surface area is 163 Å². The molecule has 150 valence electrons. The molecule has 1 aromatic rings. The zero-order chi connectivity index (χ0) is 19.4. The molecule has 27 heavy (non-hydrogen) atoms. The zero-order valence-electron chi connectivity index (χ0n) is 16.4. The van der Waals surface area contributed by atoms with E-state index < -0.39 is 10.0 Å². The van der Waals surface area contributed by atoms with Gasteiger partial charge in [0.25, 0.3) is 5.91 Å². The van der Waals surface area contributed by atoms with Gasteiger partial charge in [0.1, 0.15) is 0 Å². The van der Waals surface area contributed by atoms with E-state index in [4.69, 9.17) is 0 Å². The fourth-order valence-corrected chi connectivity index (χ4v) is 5.70. The normalized spacial score (nSPS) is 20.1. The summed E-state index contributed by atoms with van der Waals surface area (Å²) < 4.78 is 27.3. The lowest BCUT2D eigenvalue weighted by atomic mass is 9.94. The summed E-state index contributed by atoms with van der Waals surface area (Å²) in [6, 6.07) is 4.98. The molecule has 0 saturated carbocycles. The molecule has 0 bridgehead atoms. The maximum Gasteiger partial charge on any atom is 0.251 e. The minimum atomic E-state index is -3.52. The number of carbonyl (C=O) groups is 1. The SMILES string of the molecule is Cc1ccc(C(=O)NCCC2CCN(C)CC2)cc1S(=O)(=O)N1CCCC1. The summed E-state index contributed by atoms with van der Waals surface area (Å²) in [7, 11) is -1.38. The van der Waals surface area contributed by atoms with Gasteiger partial charge in [-0.2, -0.15) is 4.31 Å². The molecule has 7 heteroatoms. The summed E-state index contributed by atoms with van der Waals surface area (Å²) in [5.74, 6) is 0.464. The molecule has 0 atom stereocenters. The van der Waals surface area contributed by atoms with Crippen molar-refractivity contribution in [2.45, 2.75) is 43.9 Å². The van der Waals surface area contributed by atoms with Gasteiger partial charge >= 0.3 is 0 Å². The minimum absolute atomic E-state index is 0.194. The number of hydrogen-bond donors (Lipinski definition) is 1. The molecule has 0 aliphatic carbocycles. The van der Waals surface area contributed by atoms with E-state index in [1.807, 2.05) is 0 Å². The summed E-state index contributed by atoms with van der Waals surface area (Å²) in [6.45, 7) is 5.78. The number of amides is 1. The lowest BCUT2D eigenvalue weighted by molar-refractivity contribution is 0.0948. The predicted octanol–water partition coefficient (Wildman–Crippen LogP) is 2.24. The standard InChI is InChI=1S/C20H31N3O3S/c1-16-5-6-18(15-19(16)27(25,26)23-11-3-4-12-23)20(24)21-10-7-17-8-13-22(2)14-9-17/h5-6,15,17H,3-4,7-14H2,1-2H3,(H,21,24). The predicted molar refractivity (Wildman–Crippen MR) is 106 cm³/mol. The van der Waals surface area contributed by atoms with E-state index in [-0.39, 0.29) is 10.8 Å². The van der Waals surface area contributed by atoms with Crippen LogP contribution in [0.4, 0.5) is 0 Å². The van der Waals surface area contributed by atoms with E-state index in [1.54, 1.807) is 19.1 Å². The van der Waals surface area contributed by atoms with Crippen molar-refractivity contribution < 1.29 is 13.2 Å². The largest absolute Gasteiger partial charge is 0.352 e. The first kappa shape index (κ1) is 20.3. The van der Waals surface area contributed by atoms with Crippen LogP contribution in [0.3, 0.4) is 0 Å². The van der Waals surface area contributed by atoms with Crippen molar-refractivity contribution in [1.82, 2.24) is 14.5 Å². The third-order valence-electron chi connectivity index (χ3n) is 5.81. The Morgan fingerprint density at radius 2 is 1.81 bits per heavy atom. The van der Waals surface area contributed by atoms with E-state index in [0.717, 1.165) is 32.4 Å². The average Bonchev–Trinajstić information content (AvgIpc) is 3.19. The van der Waals surface area contributed by atoms with Crippen molar-refractivity contribution in [3.8, 4) is 0 Å². The molecule has 1 N–H and O–H groups in total. The first-order valence-corrected chi connectivity index (χ1v) is 11.4. The first-order chi connectivity index (χ1) is 12.9. The maximum atomic E-state index is 12.9. The van der Waals surface area contributed by atoms with Crippen LogP contribution in [-0.2, 0) is 10.0 Å². The molecule has 6 nitrogen and oxygen atoms in total. The van der Waals surface area contributed by atoms with Gasteiger partial charge in [-0.25, -0.2) is 8.42 Å². The van der Waals surface area contributed by atoms with E-state index in [9.17, 15) is 13.2 Å². The second kappa shape index (κ2) is 8.71. The lowest BCUT2D eigenvalue weighted by Crippen LogP contribution is -2.33. The van der Waals surface area contributed by atoms with Crippen LogP contribution >= 0.6 is 0 Å². The highest BCUT2D eigenvalue weighted by Crippen LogP contribution is 2.25. The van der Waals surface area contributed by atoms with Gasteiger partial charge < -0.3 is 10.2 Å². The maximum absolute atomic E-state index is 12.9. The van der Waals surface area contributed by atoms with Crippen molar-refractivity contribution in [3.63, 3.8) is 0 Å². The summed E-state index contributed by atoms with van der Waals surface area (Å²) in [5.41, 5.74) is 1.10. The smallest absolute Gasteiger partial charge is 0.251 e. The van der Waals surface area contributed by atoms with Gasteiger partial charge in [0.15, 0.2) is 0 Å². The molecule has 2 heterocycles. The fourth-order valence-electron chi connectivity index (χ4n) is 3.93. The number of aryl methyl sites for hydroxylation is 1. The van der Waals surface area contributed by atoms with Gasteiger partial charge in [-0.15, -0.1) is 0 Å². The molecule has 0 spiro atoms. The number of sulfonamides is 1. The van der Waals surface area contributed by atoms with Crippen molar-refractivity contribution in [2.24, 2.45) is 5.92 Å². The molecule has 0 unspecified atom stereocenters. The molecular formula is C20H31N3O3S. The summed E-state index contributed by atoms with van der Waals surface area (Å²) in [4.78, 5) is 15.1. The summed E-state index contributed by atoms with van der Waals surface area (Å²) in [6.07, 6.45) is 5.12. The average molecular weight is 394 g/mol. The van der Waals surface area contributed by atoms with Crippen molar-refractivity contribution in [2.75, 3.05) is 39.8 Å². The molecular weight excluding hydrogens is 362 g/mol. The molecule has 1 aromatic carbocycles. The van der Waals surface area contributed by atoms with E-state index in [2.05, 4.69) is 17.3 Å². The summed E-state index contributed by atoms with van der Waals surface area (Å²) >= 11 is 0. The second-order valence-corrected chi connectivity index (χ2v) is 9.79. The Balaban J connectivity index is 1.62. The topological polar surface area (TPSA) is 69.7 Å². The van der Waals surface area contributed by atoms with Crippen LogP contribution < -0.4 is 5.32 Å². The monoisotopic (exact) mass is 393 g/mol. The Morgan fingerprint density at radius 1 is 1.15 bits per heavy atom. The van der Waals surface area contributed by atoms with Crippen LogP contribution in [0.5, 0.6) is 0 Å². The highest BCUT2D eigenvalue weighted by atomic mass is 32.2. The molecule has 2 fully saturated rings. The van der Waals surface area contributed by atoms with Gasteiger partial charge in [-0.3, -0.25) is 4.79 Å². The van der Waals surface area contributed by atoms with Gasteiger partial charge in [0, 0.05) is 25.2 Å². The van der Waals surface area contributed by atoms with Crippen LogP contribution in [0.2, 0.25) is 0 Å². The van der Waals surface area contributed by atoms with E-state index in [1.165, 1.54) is 23.2 Å². The van der Waals surface area contributed by atoms with Crippen LogP contribution in [0.25, 0.3) is 0 Å². The molecule has 1 amide bonds. The Morgan fingerprint density at radius 3 is 2.48 bits per heavy atom. The highest BCUT2D eigenvalue weighted by Gasteiger charge is 2.29. The quantitative estimate of drug-likeness (QED) is 0.805. The third-order valence-corrected chi connectivity index (χ3v) is 7.85. The van der Waals surface area contributed by atoms with Gasteiger partial charge in [0.05, 0.1) is 4.90 Å². The van der Waals surface area contributed by atoms with Crippen molar-refractivity contribution in [3.05, 3.63) is 29.3 Å². The number of nitrogens with one attached hydrogen (secondary N) is 1. The number of hydrogen-bond acceptors (Lipinski definition) is 4. The number of carbonyl (C=O) groups excluding carboxylic acids is 1. The van der Waals surface area contributed by atoms with E-state index in [0.29, 0.717) is 36.7 Å². The van der Waals surface area contributed by atoms with Crippen molar-refractivity contribution in [1.29, 1.82) is 0 Å². The van der Waals surface area contributed by atoms with Crippen LogP contribution in [-0.4, -0.2) is 63.3 Å². The number of nitrogens with zero attached hydrogens (tertiary/aromatic N) is 2. The molecule has 0 radical (unpaired) electrons. The first-order valence-electron chi connectivity index (χ1n) is 9.95. The fraction of sp³-hybridized carbons (Fsp3) is 0.650. The summed E-state index contributed by atoms with van der Waals surface area (Å²) in [5, 5.41) is 2.96. The Kier molecular flexibility index (Phi) is 6.55. The number of piperidine rings is 1. The highest BCUT2D eigenvalue weighted by molar-refractivity contribution is 7.89. The number of rotatable bonds is 6. The zero-order valence-corrected chi connectivity index (χ0v) is 17.2. The molecule has 2 aliphatic heterocycles. The Hall–Kier alpha value is -1.44. The lowest BCUT2D eigenvalue weighted by Gasteiger charge is -2.28. The molecule has 0 aromatic heterocycles. The van der Waals surface area contributed by atoms with Gasteiger partial charge in [-0.05, 0) is 82.8 Å². The van der Waals surface area contributed by atoms with Crippen LogP contribution in [0, 0.1) is 12.8 Å². The third kappa shape index (κ3) is 4.89. The van der Waals surface area contributed by atoms with Crippen LogP contribution in [0.15, 0.2) is 23.1 Å². The molecule has 3 rings (SSSR count). The number of benzene rings is 1. The molecule has 2 saturated heterocycles. The van der Waals surface area contributed by atoms with Crippen molar-refractivity contribution >= 4 is 15.9 Å². The molecule has 2 aliphatic rings. The minimum Gasteiger partial charge on any atom is -0.352 e. The second-order valence-electron chi connectivity index (χ2n) is 7.88. The van der Waals surface area contributed by atoms with Crippen LogP contribution in [0.1, 0.15) is 48.0 Å². The van der Waals surface area contributed by atoms with Gasteiger partial charge in [0.2, 0.25) is 10.0 Å². The van der Waals surface area contributed by atoms with Gasteiger partial charge in [-0.1, -0.05) is 6.07 Å². The Bertz CT molecular complexity index is 765.